The molecule has 0 saturated heterocycles. The Morgan fingerprint density at radius 1 is 0.470 bits per heavy atom. The van der Waals surface area contributed by atoms with Crippen LogP contribution in [0.3, 0.4) is 0 Å². The number of carbonyl (C=O) groups excluding carboxylic acids is 2. The van der Waals surface area contributed by atoms with Gasteiger partial charge in [0.25, 0.3) is 0 Å². The summed E-state index contributed by atoms with van der Waals surface area (Å²) >= 11 is 0. The minimum Gasteiger partial charge on any atom is -0.477 e. The van der Waals surface area contributed by atoms with Crippen LogP contribution in [-0.2, 0) is 28.6 Å². The molecule has 0 radical (unpaired) electrons. The van der Waals surface area contributed by atoms with Gasteiger partial charge in [-0.15, -0.1) is 0 Å². The van der Waals surface area contributed by atoms with Gasteiger partial charge in [0.2, 0.25) is 0 Å². The molecule has 8 nitrogen and oxygen atoms in total. The Balaban J connectivity index is 4.25. The van der Waals surface area contributed by atoms with E-state index in [1.54, 1.807) is 0 Å². The summed E-state index contributed by atoms with van der Waals surface area (Å²) in [6.07, 6.45) is 62.4. The largest absolute Gasteiger partial charge is 0.477 e. The Bertz CT molecular complexity index is 1310. The van der Waals surface area contributed by atoms with Crippen molar-refractivity contribution in [2.75, 3.05) is 41.0 Å². The number of ether oxygens (including phenoxy) is 3. The van der Waals surface area contributed by atoms with Crippen molar-refractivity contribution in [2.45, 2.75) is 238 Å². The van der Waals surface area contributed by atoms with Crippen LogP contribution in [0.25, 0.3) is 0 Å². The molecule has 0 aliphatic rings. The van der Waals surface area contributed by atoms with Crippen molar-refractivity contribution >= 4 is 17.9 Å². The zero-order valence-corrected chi connectivity index (χ0v) is 43.4. The third-order valence-electron chi connectivity index (χ3n) is 11.8. The molecule has 0 aromatic heterocycles. The molecular formula is C58H102NO7+. The molecule has 66 heavy (non-hydrogen) atoms. The number of hydrogen-bond acceptors (Lipinski definition) is 6. The average molecular weight is 925 g/mol. The summed E-state index contributed by atoms with van der Waals surface area (Å²) in [4.78, 5) is 37.2. The zero-order valence-electron chi connectivity index (χ0n) is 43.4. The molecule has 0 saturated carbocycles. The van der Waals surface area contributed by atoms with Gasteiger partial charge >= 0.3 is 17.9 Å². The van der Waals surface area contributed by atoms with Crippen molar-refractivity contribution in [1.82, 2.24) is 0 Å². The molecule has 0 aromatic carbocycles. The molecule has 8 heteroatoms. The second-order valence-corrected chi connectivity index (χ2v) is 19.1. The van der Waals surface area contributed by atoms with Crippen LogP contribution in [0.5, 0.6) is 0 Å². The van der Waals surface area contributed by atoms with Gasteiger partial charge in [0.15, 0.2) is 12.1 Å². The number of likely N-dealkylation sites (N-methyl/N-ethyl adjacent to an activating group) is 1. The van der Waals surface area contributed by atoms with Crippen molar-refractivity contribution in [3.63, 3.8) is 0 Å². The van der Waals surface area contributed by atoms with Crippen molar-refractivity contribution in [2.24, 2.45) is 0 Å². The molecule has 0 heterocycles. The first-order valence-corrected chi connectivity index (χ1v) is 27.0. The normalized spacial score (nSPS) is 13.4. The second kappa shape index (κ2) is 48.2. The lowest BCUT2D eigenvalue weighted by Crippen LogP contribution is -2.50. The third kappa shape index (κ3) is 45.9. The number of carboxylic acids is 1. The highest BCUT2D eigenvalue weighted by Crippen LogP contribution is 2.16. The van der Waals surface area contributed by atoms with Gasteiger partial charge in [-0.05, 0) is 83.5 Å². The van der Waals surface area contributed by atoms with Crippen molar-refractivity contribution in [3.8, 4) is 0 Å². The van der Waals surface area contributed by atoms with Gasteiger partial charge in [0, 0.05) is 19.3 Å². The van der Waals surface area contributed by atoms with Crippen LogP contribution in [0.1, 0.15) is 226 Å². The maximum absolute atomic E-state index is 12.8. The highest BCUT2D eigenvalue weighted by Gasteiger charge is 2.31. The fourth-order valence-corrected chi connectivity index (χ4v) is 7.70. The smallest absolute Gasteiger partial charge is 0.362 e. The summed E-state index contributed by atoms with van der Waals surface area (Å²) in [5.41, 5.74) is 0. The number of unbranched alkanes of at least 4 members (excludes halogenated alkanes) is 22. The minimum atomic E-state index is -0.879. The summed E-state index contributed by atoms with van der Waals surface area (Å²) in [6, 6.07) is -0.622. The van der Waals surface area contributed by atoms with Gasteiger partial charge in [0.05, 0.1) is 34.4 Å². The molecule has 0 aliphatic carbocycles. The van der Waals surface area contributed by atoms with Crippen molar-refractivity contribution < 1.29 is 38.2 Å². The van der Waals surface area contributed by atoms with E-state index in [4.69, 9.17) is 14.2 Å². The molecule has 0 aromatic rings. The highest BCUT2D eigenvalue weighted by atomic mass is 16.6. The predicted molar refractivity (Wildman–Crippen MR) is 280 cm³/mol. The Morgan fingerprint density at radius 3 is 1.26 bits per heavy atom. The second-order valence-electron chi connectivity index (χ2n) is 19.1. The average Bonchev–Trinajstić information content (AvgIpc) is 3.28. The molecule has 0 aliphatic heterocycles. The van der Waals surface area contributed by atoms with E-state index in [9.17, 15) is 19.5 Å². The lowest BCUT2D eigenvalue weighted by Gasteiger charge is -2.31. The number of nitrogens with zero attached hydrogens (tertiary/aromatic N) is 1. The van der Waals surface area contributed by atoms with Crippen LogP contribution in [-0.4, -0.2) is 80.6 Å². The predicted octanol–water partition coefficient (Wildman–Crippen LogP) is 15.9. The van der Waals surface area contributed by atoms with Crippen LogP contribution in [0.4, 0.5) is 0 Å². The number of carbonyl (C=O) groups is 3. The van der Waals surface area contributed by atoms with Gasteiger partial charge in [-0.25, -0.2) is 4.79 Å². The highest BCUT2D eigenvalue weighted by molar-refractivity contribution is 5.72. The van der Waals surface area contributed by atoms with Crippen molar-refractivity contribution in [1.29, 1.82) is 0 Å². The maximum Gasteiger partial charge on any atom is 0.362 e. The van der Waals surface area contributed by atoms with E-state index >= 15 is 0 Å². The molecule has 0 fully saturated rings. The van der Waals surface area contributed by atoms with E-state index in [1.807, 2.05) is 21.1 Å². The molecule has 0 amide bonds. The van der Waals surface area contributed by atoms with Crippen molar-refractivity contribution in [3.05, 3.63) is 72.9 Å². The summed E-state index contributed by atoms with van der Waals surface area (Å²) in [5, 5.41) is 9.67. The molecule has 0 bridgehead atoms. The lowest BCUT2D eigenvalue weighted by atomic mass is 10.0. The maximum atomic E-state index is 12.8. The molecule has 1 N–H and O–H groups in total. The lowest BCUT2D eigenvalue weighted by molar-refractivity contribution is -0.887. The summed E-state index contributed by atoms with van der Waals surface area (Å²) < 4.78 is 17.4. The number of rotatable bonds is 48. The quantitative estimate of drug-likeness (QED) is 0.0281. The van der Waals surface area contributed by atoms with Gasteiger partial charge in [-0.1, -0.05) is 196 Å². The Morgan fingerprint density at radius 2 is 0.848 bits per heavy atom. The first kappa shape index (κ1) is 62.8. The van der Waals surface area contributed by atoms with Crippen LogP contribution < -0.4 is 0 Å². The number of allylic oxidation sites excluding steroid dienone is 12. The fraction of sp³-hybridized carbons (Fsp3) is 0.741. The first-order valence-electron chi connectivity index (χ1n) is 27.0. The topological polar surface area (TPSA) is 99.1 Å². The number of hydrogen-bond donors (Lipinski definition) is 1. The first-order chi connectivity index (χ1) is 32.1. The Kier molecular flexibility index (Phi) is 45.9. The van der Waals surface area contributed by atoms with Crippen LogP contribution in [0.2, 0.25) is 0 Å². The monoisotopic (exact) mass is 925 g/mol. The van der Waals surface area contributed by atoms with Gasteiger partial charge < -0.3 is 23.8 Å². The fourth-order valence-electron chi connectivity index (χ4n) is 7.70. The van der Waals surface area contributed by atoms with Gasteiger partial charge in [-0.3, -0.25) is 9.59 Å². The molecule has 2 atom stereocenters. The summed E-state index contributed by atoms with van der Waals surface area (Å²) in [7, 11) is 5.53. The van der Waals surface area contributed by atoms with E-state index in [2.05, 4.69) is 86.8 Å². The third-order valence-corrected chi connectivity index (χ3v) is 11.8. The number of carboxylic acid groups (broad SMARTS) is 1. The van der Waals surface area contributed by atoms with Gasteiger partial charge in [0.1, 0.15) is 6.61 Å². The Hall–Kier alpha value is -3.23. The Labute approximate surface area is 406 Å². The number of esters is 2. The van der Waals surface area contributed by atoms with Crippen LogP contribution >= 0.6 is 0 Å². The zero-order chi connectivity index (χ0) is 48.4. The van der Waals surface area contributed by atoms with Crippen LogP contribution in [0.15, 0.2) is 72.9 Å². The van der Waals surface area contributed by atoms with Gasteiger partial charge in [-0.2, -0.15) is 0 Å². The molecule has 2 unspecified atom stereocenters. The van der Waals surface area contributed by atoms with E-state index in [1.165, 1.54) is 103 Å². The SMILES string of the molecule is CC/C=C/C/C=C/CCCCCCCCCCCCCCCCC(=O)OCC(COCCC(C(=O)O)[N+](C)(C)C)OC(=O)CCCCCCC/C=C/C/C=C/C/C=C/C/C=C/CCCCC. The molecule has 0 rings (SSSR count). The number of quaternary nitrogens is 1. The van der Waals surface area contributed by atoms with Crippen LogP contribution in [0, 0.1) is 0 Å². The standard InChI is InChI=1S/C58H101NO7/c1-6-8-10-12-14-16-18-20-22-24-26-28-30-32-34-36-38-40-42-44-46-48-56(60)65-53-54(52-64-51-50-55(58(62)63)59(3,4)5)66-57(61)49-47-45-43-41-39-37-35-33-31-29-27-25-23-21-19-17-15-13-11-9-7-2/h8,10,14-17,21,23,27,29,33,35,54-55H,6-7,9,11-13,18-20,22,24-26,28,30-32,34,36-53H2,1-5H3/p+1/b10-8+,16-14+,17-15+,23-21+,29-27+,35-33+. The van der Waals surface area contributed by atoms with E-state index in [0.717, 1.165) is 89.9 Å². The molecule has 380 valence electrons. The van der Waals surface area contributed by atoms with E-state index < -0.39 is 18.1 Å². The summed E-state index contributed by atoms with van der Waals surface area (Å²) in [5.74, 6) is -1.49. The molecular weight excluding hydrogens is 823 g/mol. The molecule has 0 spiro atoms. The summed E-state index contributed by atoms with van der Waals surface area (Å²) in [6.45, 7) is 4.60. The van der Waals surface area contributed by atoms with E-state index in [0.29, 0.717) is 19.3 Å². The minimum absolute atomic E-state index is 0.0514. The number of aliphatic carboxylic acids is 1. The van der Waals surface area contributed by atoms with E-state index in [-0.39, 0.29) is 36.2 Å².